The zero-order valence-electron chi connectivity index (χ0n) is 28.1. The molecular formula is C38H32F2N6O4S2. The second kappa shape index (κ2) is 14.2. The molecule has 0 unspecified atom stereocenters. The number of thioether (sulfide) groups is 1. The van der Waals surface area contributed by atoms with Gasteiger partial charge in [-0.2, -0.15) is 10.2 Å². The molecule has 2 aliphatic rings. The lowest BCUT2D eigenvalue weighted by Gasteiger charge is -2.29. The summed E-state index contributed by atoms with van der Waals surface area (Å²) >= 11 is 1.52. The molecule has 0 aliphatic carbocycles. The highest BCUT2D eigenvalue weighted by atomic mass is 32.2. The number of amides is 2. The smallest absolute Gasteiger partial charge is 0.242 e. The van der Waals surface area contributed by atoms with E-state index in [1.165, 1.54) is 34.9 Å². The lowest BCUT2D eigenvalue weighted by molar-refractivity contribution is -0.117. The molecule has 10 nitrogen and oxygen atoms in total. The monoisotopic (exact) mass is 738 g/mol. The Morgan fingerprint density at radius 2 is 1.19 bits per heavy atom. The quantitative estimate of drug-likeness (QED) is 0.194. The summed E-state index contributed by atoms with van der Waals surface area (Å²) in [6.07, 6.45) is 6.97. The van der Waals surface area contributed by atoms with Gasteiger partial charge in [0.15, 0.2) is 9.84 Å². The predicted molar refractivity (Wildman–Crippen MR) is 195 cm³/mol. The van der Waals surface area contributed by atoms with Gasteiger partial charge >= 0.3 is 0 Å². The van der Waals surface area contributed by atoms with E-state index >= 15 is 0 Å². The van der Waals surface area contributed by atoms with Crippen LogP contribution in [0.5, 0.6) is 0 Å². The minimum Gasteiger partial charge on any atom is -0.306 e. The molecule has 52 heavy (non-hydrogen) atoms. The molecule has 0 bridgehead atoms. The molecule has 2 aromatic heterocycles. The van der Waals surface area contributed by atoms with Gasteiger partial charge in [0.05, 0.1) is 47.5 Å². The van der Waals surface area contributed by atoms with Gasteiger partial charge in [-0.05, 0) is 47.5 Å². The summed E-state index contributed by atoms with van der Waals surface area (Å²) in [6, 6.07) is 23.9. The molecule has 0 atom stereocenters. The van der Waals surface area contributed by atoms with Crippen LogP contribution in [-0.4, -0.2) is 51.3 Å². The highest BCUT2D eigenvalue weighted by molar-refractivity contribution is 8.00. The standard InChI is InChI=1S/C19H16FN3O3S.C19H16FN3OS/c1-22-10-15(9-21-22)13-6-7-14(16(20)8-13)11-23-17-4-2-3-5-18(17)27(25,26)12-19(23)24;1-22-10-15(9-21-22)13-6-7-14(16(20)8-13)11-23-17-4-2-3-5-18(17)25-12-19(23)24/h2-10H,11-12H2,1H3;2-10H,11-12H2,1H3. The number of aromatic nitrogens is 4. The molecule has 2 aliphatic heterocycles. The molecule has 0 saturated heterocycles. The van der Waals surface area contributed by atoms with E-state index in [9.17, 15) is 26.8 Å². The summed E-state index contributed by atoms with van der Waals surface area (Å²) in [6.45, 7) is 0.195. The molecular weight excluding hydrogens is 707 g/mol. The number of fused-ring (bicyclic) bond motifs is 2. The number of rotatable bonds is 6. The van der Waals surface area contributed by atoms with Crippen LogP contribution in [0.4, 0.5) is 20.2 Å². The number of hydrogen-bond donors (Lipinski definition) is 0. The first-order chi connectivity index (χ1) is 25.0. The van der Waals surface area contributed by atoms with Crippen LogP contribution in [0.3, 0.4) is 0 Å². The van der Waals surface area contributed by atoms with Crippen molar-refractivity contribution in [2.24, 2.45) is 14.1 Å². The number of anilines is 2. The van der Waals surface area contributed by atoms with Gasteiger partial charge in [-0.1, -0.05) is 48.5 Å². The van der Waals surface area contributed by atoms with Crippen LogP contribution >= 0.6 is 11.8 Å². The molecule has 6 aromatic rings. The first-order valence-electron chi connectivity index (χ1n) is 16.2. The lowest BCUT2D eigenvalue weighted by atomic mass is 10.1. The van der Waals surface area contributed by atoms with Gasteiger partial charge in [-0.3, -0.25) is 19.0 Å². The summed E-state index contributed by atoms with van der Waals surface area (Å²) in [5.41, 5.74) is 5.04. The zero-order valence-corrected chi connectivity index (χ0v) is 29.7. The Balaban J connectivity index is 0.000000162. The Kier molecular flexibility index (Phi) is 9.51. The normalized spacial score (nSPS) is 14.8. The lowest BCUT2D eigenvalue weighted by Crippen LogP contribution is -2.40. The molecule has 14 heteroatoms. The van der Waals surface area contributed by atoms with Gasteiger partial charge in [0.25, 0.3) is 0 Å². The molecule has 2 amide bonds. The van der Waals surface area contributed by atoms with Crippen LogP contribution in [0, 0.1) is 11.6 Å². The van der Waals surface area contributed by atoms with Crippen molar-refractivity contribution in [1.29, 1.82) is 0 Å². The predicted octanol–water partition coefficient (Wildman–Crippen LogP) is 6.41. The van der Waals surface area contributed by atoms with Crippen LogP contribution in [0.15, 0.2) is 120 Å². The molecule has 0 saturated carbocycles. The average Bonchev–Trinajstić information content (AvgIpc) is 3.77. The maximum absolute atomic E-state index is 14.7. The molecule has 4 heterocycles. The number of halogens is 2. The van der Waals surface area contributed by atoms with Crippen LogP contribution < -0.4 is 9.80 Å². The SMILES string of the molecule is Cn1cc(-c2ccc(CN3C(=O)CS(=O)(=O)c4ccccc43)c(F)c2)cn1.Cn1cc(-c2ccc(CN3C(=O)CSc4ccccc43)c(F)c2)cn1. The summed E-state index contributed by atoms with van der Waals surface area (Å²) < 4.78 is 57.1. The molecule has 0 radical (unpaired) electrons. The Hall–Kier alpha value is -5.60. The van der Waals surface area contributed by atoms with Crippen molar-refractivity contribution in [1.82, 2.24) is 19.6 Å². The van der Waals surface area contributed by atoms with E-state index in [4.69, 9.17) is 0 Å². The minimum atomic E-state index is -3.66. The minimum absolute atomic E-state index is 0.000522. The van der Waals surface area contributed by atoms with Crippen molar-refractivity contribution in [2.45, 2.75) is 22.9 Å². The number of aryl methyl sites for hydroxylation is 2. The zero-order chi connectivity index (χ0) is 36.6. The van der Waals surface area contributed by atoms with Crippen LogP contribution in [0.1, 0.15) is 11.1 Å². The van der Waals surface area contributed by atoms with E-state index in [0.717, 1.165) is 27.3 Å². The number of benzene rings is 4. The van der Waals surface area contributed by atoms with Gasteiger partial charge < -0.3 is 9.80 Å². The number of para-hydroxylation sites is 2. The van der Waals surface area contributed by atoms with Crippen LogP contribution in [0.2, 0.25) is 0 Å². The van der Waals surface area contributed by atoms with E-state index in [2.05, 4.69) is 10.2 Å². The fourth-order valence-corrected chi connectivity index (χ4v) is 8.44. The number of sulfone groups is 1. The van der Waals surface area contributed by atoms with E-state index in [0.29, 0.717) is 22.4 Å². The van der Waals surface area contributed by atoms with Gasteiger partial charge in [-0.25, -0.2) is 17.2 Å². The second-order valence-corrected chi connectivity index (χ2v) is 15.3. The van der Waals surface area contributed by atoms with E-state index < -0.39 is 27.3 Å². The third-order valence-corrected chi connectivity index (χ3v) is 11.4. The Morgan fingerprint density at radius 3 is 1.73 bits per heavy atom. The summed E-state index contributed by atoms with van der Waals surface area (Å²) in [4.78, 5) is 28.9. The highest BCUT2D eigenvalue weighted by Gasteiger charge is 2.34. The second-order valence-electron chi connectivity index (χ2n) is 12.4. The summed E-state index contributed by atoms with van der Waals surface area (Å²) in [5, 5.41) is 8.18. The third-order valence-electron chi connectivity index (χ3n) is 8.75. The van der Waals surface area contributed by atoms with E-state index in [1.807, 2.05) is 43.6 Å². The number of hydrogen-bond acceptors (Lipinski definition) is 7. The molecule has 4 aromatic carbocycles. The first-order valence-corrected chi connectivity index (χ1v) is 18.8. The van der Waals surface area contributed by atoms with Crippen molar-refractivity contribution >= 4 is 44.8 Å². The Bertz CT molecular complexity index is 2450. The average molecular weight is 739 g/mol. The fraction of sp³-hybridized carbons (Fsp3) is 0.158. The number of nitrogens with zero attached hydrogens (tertiary/aromatic N) is 6. The largest absolute Gasteiger partial charge is 0.306 e. The third kappa shape index (κ3) is 7.12. The molecule has 8 rings (SSSR count). The molecule has 264 valence electrons. The van der Waals surface area contributed by atoms with Gasteiger partial charge in [0, 0.05) is 53.6 Å². The maximum Gasteiger partial charge on any atom is 0.242 e. The summed E-state index contributed by atoms with van der Waals surface area (Å²) in [7, 11) is -0.0567. The first kappa shape index (κ1) is 34.8. The fourth-order valence-electron chi connectivity index (χ4n) is 6.09. The van der Waals surface area contributed by atoms with Gasteiger partial charge in [-0.15, -0.1) is 11.8 Å². The van der Waals surface area contributed by atoms with Crippen LogP contribution in [0.25, 0.3) is 22.3 Å². The van der Waals surface area contributed by atoms with Crippen molar-refractivity contribution in [3.05, 3.63) is 132 Å². The molecule has 0 fully saturated rings. The summed E-state index contributed by atoms with van der Waals surface area (Å²) in [5.74, 6) is -1.57. The highest BCUT2D eigenvalue weighted by Crippen LogP contribution is 2.36. The molecule has 0 spiro atoms. The van der Waals surface area contributed by atoms with Gasteiger partial charge in [0.1, 0.15) is 17.4 Å². The topological polar surface area (TPSA) is 110 Å². The molecule has 0 N–H and O–H groups in total. The van der Waals surface area contributed by atoms with Crippen molar-refractivity contribution in [2.75, 3.05) is 21.3 Å². The van der Waals surface area contributed by atoms with Gasteiger partial charge in [0.2, 0.25) is 11.8 Å². The van der Waals surface area contributed by atoms with E-state index in [1.54, 1.807) is 76.3 Å². The Morgan fingerprint density at radius 1 is 0.673 bits per heavy atom. The number of carbonyl (C=O) groups is 2. The maximum atomic E-state index is 14.7. The van der Waals surface area contributed by atoms with E-state index in [-0.39, 0.29) is 35.4 Å². The van der Waals surface area contributed by atoms with Crippen LogP contribution in [-0.2, 0) is 46.6 Å². The number of carbonyl (C=O) groups excluding carboxylic acids is 2. The van der Waals surface area contributed by atoms with Crippen molar-refractivity contribution in [3.8, 4) is 22.3 Å². The van der Waals surface area contributed by atoms with Crippen molar-refractivity contribution in [3.63, 3.8) is 0 Å². The van der Waals surface area contributed by atoms with Crippen molar-refractivity contribution < 1.29 is 26.8 Å². The Labute approximate surface area is 303 Å².